The first-order chi connectivity index (χ1) is 13.6. The van der Waals surface area contributed by atoms with Crippen molar-refractivity contribution in [1.29, 1.82) is 0 Å². The number of methoxy groups -OCH3 is 2. The van der Waals surface area contributed by atoms with Crippen LogP contribution in [0.25, 0.3) is 11.3 Å². The van der Waals surface area contributed by atoms with E-state index < -0.39 is 21.6 Å². The van der Waals surface area contributed by atoms with Crippen molar-refractivity contribution in [3.8, 4) is 23.0 Å². The average molecular weight is 442 g/mol. The predicted molar refractivity (Wildman–Crippen MR) is 108 cm³/mol. The van der Waals surface area contributed by atoms with Gasteiger partial charge in [-0.05, 0) is 0 Å². The first-order valence-corrected chi connectivity index (χ1v) is 11.2. The molecule has 3 aromatic rings. The van der Waals surface area contributed by atoms with Gasteiger partial charge >= 0.3 is 169 Å². The van der Waals surface area contributed by atoms with Gasteiger partial charge in [0.05, 0.1) is 0 Å². The van der Waals surface area contributed by atoms with E-state index in [1.54, 1.807) is 13.2 Å². The molecule has 0 N–H and O–H groups in total. The quantitative estimate of drug-likeness (QED) is 0.397. The SMILES string of the molecule is COc1ccc(CC[AsH]c2cc(-c3ccc(F)c(C=O)c3)nc(OC)n2)cc1. The Bertz CT molecular complexity index is 964. The van der Waals surface area contributed by atoms with Crippen LogP contribution in [0, 0.1) is 5.82 Å². The maximum absolute atomic E-state index is 13.6. The van der Waals surface area contributed by atoms with Crippen LogP contribution in [0.5, 0.6) is 11.8 Å². The van der Waals surface area contributed by atoms with E-state index in [2.05, 4.69) is 22.1 Å². The predicted octanol–water partition coefficient (Wildman–Crippen LogP) is 2.84. The summed E-state index contributed by atoms with van der Waals surface area (Å²) in [6.45, 7) is 0. The van der Waals surface area contributed by atoms with Crippen LogP contribution in [0.1, 0.15) is 15.9 Å². The number of carbonyl (C=O) groups is 1. The number of nitrogens with zero attached hydrogens (tertiary/aromatic N) is 2. The van der Waals surface area contributed by atoms with Crippen LogP contribution in [0.15, 0.2) is 48.5 Å². The van der Waals surface area contributed by atoms with Crippen LogP contribution in [0.3, 0.4) is 0 Å². The van der Waals surface area contributed by atoms with Crippen molar-refractivity contribution in [2.75, 3.05) is 14.2 Å². The number of aldehydes is 1. The number of rotatable bonds is 8. The van der Waals surface area contributed by atoms with Gasteiger partial charge in [0, 0.05) is 0 Å². The average Bonchev–Trinajstić information content (AvgIpc) is 2.74. The molecule has 1 unspecified atom stereocenters. The number of carbonyl (C=O) groups excluding carboxylic acids is 1. The molecule has 0 fully saturated rings. The maximum atomic E-state index is 13.6. The summed E-state index contributed by atoms with van der Waals surface area (Å²) in [7, 11) is 3.17. The Morgan fingerprint density at radius 2 is 1.82 bits per heavy atom. The van der Waals surface area contributed by atoms with Gasteiger partial charge in [-0.25, -0.2) is 0 Å². The van der Waals surface area contributed by atoms with Crippen LogP contribution in [-0.2, 0) is 6.42 Å². The zero-order valence-corrected chi connectivity index (χ0v) is 17.7. The second kappa shape index (κ2) is 9.47. The molecule has 3 rings (SSSR count). The first kappa shape index (κ1) is 20.0. The molecular formula is C21H20AsFN2O3. The van der Waals surface area contributed by atoms with E-state index in [4.69, 9.17) is 9.47 Å². The van der Waals surface area contributed by atoms with Gasteiger partial charge in [-0.3, -0.25) is 0 Å². The molecule has 7 heteroatoms. The van der Waals surface area contributed by atoms with Crippen molar-refractivity contribution in [2.45, 2.75) is 11.6 Å². The molecule has 0 saturated heterocycles. The van der Waals surface area contributed by atoms with E-state index in [1.165, 1.54) is 24.8 Å². The van der Waals surface area contributed by atoms with E-state index in [1.807, 2.05) is 18.2 Å². The Morgan fingerprint density at radius 3 is 2.50 bits per heavy atom. The summed E-state index contributed by atoms with van der Waals surface area (Å²) in [5.74, 6) is 0.298. The van der Waals surface area contributed by atoms with Crippen molar-refractivity contribution in [2.24, 2.45) is 0 Å². The number of ether oxygens (including phenoxy) is 2. The van der Waals surface area contributed by atoms with Crippen molar-refractivity contribution >= 4 is 26.5 Å². The van der Waals surface area contributed by atoms with E-state index >= 15 is 0 Å². The second-order valence-corrected chi connectivity index (χ2v) is 8.87. The molecule has 0 aliphatic carbocycles. The summed E-state index contributed by atoms with van der Waals surface area (Å²) < 4.78 is 25.0. The van der Waals surface area contributed by atoms with Crippen LogP contribution in [0.2, 0.25) is 5.21 Å². The molecule has 0 radical (unpaired) electrons. The molecule has 2 aromatic carbocycles. The number of hydrogen-bond donors (Lipinski definition) is 0. The second-order valence-electron chi connectivity index (χ2n) is 6.00. The number of hydrogen-bond acceptors (Lipinski definition) is 5. The normalized spacial score (nSPS) is 11.0. The third-order valence-electron chi connectivity index (χ3n) is 4.19. The summed E-state index contributed by atoms with van der Waals surface area (Å²) in [5, 5.41) is 1.02. The molecule has 1 atom stereocenters. The summed E-state index contributed by atoms with van der Waals surface area (Å²) in [5.41, 5.74) is 2.54. The van der Waals surface area contributed by atoms with E-state index in [-0.39, 0.29) is 11.6 Å². The minimum atomic E-state index is -0.548. The van der Waals surface area contributed by atoms with Gasteiger partial charge in [-0.15, -0.1) is 0 Å². The van der Waals surface area contributed by atoms with Gasteiger partial charge < -0.3 is 0 Å². The Morgan fingerprint density at radius 1 is 1.04 bits per heavy atom. The van der Waals surface area contributed by atoms with Crippen molar-refractivity contribution in [3.63, 3.8) is 0 Å². The van der Waals surface area contributed by atoms with Gasteiger partial charge in [-0.2, -0.15) is 0 Å². The fraction of sp³-hybridized carbons (Fsp3) is 0.190. The van der Waals surface area contributed by atoms with Crippen molar-refractivity contribution in [1.82, 2.24) is 9.97 Å². The summed E-state index contributed by atoms with van der Waals surface area (Å²) in [6.07, 6.45) is 1.46. The van der Waals surface area contributed by atoms with E-state index in [0.29, 0.717) is 17.5 Å². The summed E-state index contributed by atoms with van der Waals surface area (Å²) in [4.78, 5) is 19.8. The van der Waals surface area contributed by atoms with Crippen LogP contribution < -0.4 is 14.0 Å². The van der Waals surface area contributed by atoms with Gasteiger partial charge in [0.25, 0.3) is 0 Å². The third kappa shape index (κ3) is 4.96. The topological polar surface area (TPSA) is 61.3 Å². The van der Waals surface area contributed by atoms with Crippen LogP contribution in [-0.4, -0.2) is 46.2 Å². The van der Waals surface area contributed by atoms with Gasteiger partial charge in [0.2, 0.25) is 0 Å². The summed E-state index contributed by atoms with van der Waals surface area (Å²) >= 11 is -0.517. The van der Waals surface area contributed by atoms with Crippen LogP contribution in [0.4, 0.5) is 4.39 Å². The fourth-order valence-electron chi connectivity index (χ4n) is 2.68. The van der Waals surface area contributed by atoms with Crippen LogP contribution >= 0.6 is 0 Å². The third-order valence-corrected chi connectivity index (χ3v) is 6.53. The fourth-order valence-corrected chi connectivity index (χ4v) is 4.95. The molecule has 0 bridgehead atoms. The zero-order valence-electron chi connectivity index (χ0n) is 15.6. The van der Waals surface area contributed by atoms with Crippen molar-refractivity contribution in [3.05, 3.63) is 65.5 Å². The molecule has 0 aliphatic rings. The molecule has 0 aliphatic heterocycles. The number of benzene rings is 2. The van der Waals surface area contributed by atoms with Gasteiger partial charge in [0.15, 0.2) is 0 Å². The Labute approximate surface area is 169 Å². The van der Waals surface area contributed by atoms with E-state index in [9.17, 15) is 9.18 Å². The number of halogens is 1. The summed E-state index contributed by atoms with van der Waals surface area (Å²) in [6, 6.07) is 14.6. The Kier molecular flexibility index (Phi) is 6.77. The molecule has 0 spiro atoms. The molecule has 1 aromatic heterocycles. The van der Waals surface area contributed by atoms with Gasteiger partial charge in [0.1, 0.15) is 0 Å². The minimum absolute atomic E-state index is 0.00663. The number of aromatic nitrogens is 2. The first-order valence-electron chi connectivity index (χ1n) is 8.68. The molecule has 1 heterocycles. The number of aryl methyl sites for hydroxylation is 1. The Hall–Kier alpha value is -2.72. The molecule has 144 valence electrons. The van der Waals surface area contributed by atoms with Crippen molar-refractivity contribution < 1.29 is 18.7 Å². The standard InChI is InChI=1S/C21H20AsFN2O3/c1-27-17-6-3-14(4-7-17)9-10-22-20-12-19(24-21(25-20)28-2)15-5-8-18(23)16(11-15)13-26/h3-8,11-13,22H,9-10H2,1-2H3. The van der Waals surface area contributed by atoms with Gasteiger partial charge in [-0.1, -0.05) is 0 Å². The Balaban J connectivity index is 1.76. The monoisotopic (exact) mass is 442 g/mol. The molecule has 0 saturated carbocycles. The van der Waals surface area contributed by atoms with E-state index in [0.717, 1.165) is 21.9 Å². The molecule has 5 nitrogen and oxygen atoms in total. The molecule has 28 heavy (non-hydrogen) atoms. The molecular weight excluding hydrogens is 422 g/mol. The zero-order chi connectivity index (χ0) is 19.9. The molecule has 0 amide bonds.